The minimum absolute atomic E-state index is 0.257. The summed E-state index contributed by atoms with van der Waals surface area (Å²) in [6.45, 7) is 5.44. The summed E-state index contributed by atoms with van der Waals surface area (Å²) in [4.78, 5) is 2.48. The number of aryl methyl sites for hydroxylation is 1. The Bertz CT molecular complexity index is 896. The summed E-state index contributed by atoms with van der Waals surface area (Å²) in [6, 6.07) is 10.1. The number of rotatable bonds is 3. The van der Waals surface area contributed by atoms with Crippen LogP contribution in [-0.2, 0) is 0 Å². The van der Waals surface area contributed by atoms with Gasteiger partial charge in [0, 0.05) is 23.6 Å². The van der Waals surface area contributed by atoms with Crippen molar-refractivity contribution in [3.8, 4) is 17.1 Å². The number of hydrogen-bond acceptors (Lipinski definition) is 5. The minimum Gasteiger partial charge on any atom is -0.472 e. The van der Waals surface area contributed by atoms with Crippen molar-refractivity contribution in [1.29, 1.82) is 0 Å². The van der Waals surface area contributed by atoms with Crippen molar-refractivity contribution in [1.82, 2.24) is 25.3 Å². The molecule has 5 heterocycles. The molecule has 1 N–H and O–H groups in total. The maximum Gasteiger partial charge on any atom is 0.233 e. The van der Waals surface area contributed by atoms with Crippen LogP contribution in [0.25, 0.3) is 22.2 Å². The zero-order chi connectivity index (χ0) is 16.8. The average molecular weight is 335 g/mol. The molecule has 1 atom stereocenters. The van der Waals surface area contributed by atoms with Gasteiger partial charge in [0.25, 0.3) is 0 Å². The van der Waals surface area contributed by atoms with Crippen molar-refractivity contribution in [2.45, 2.75) is 25.9 Å². The Morgan fingerprint density at radius 3 is 2.72 bits per heavy atom. The van der Waals surface area contributed by atoms with Crippen LogP contribution >= 0.6 is 0 Å². The third-order valence-electron chi connectivity index (χ3n) is 5.56. The predicted molar refractivity (Wildman–Crippen MR) is 95.4 cm³/mol. The minimum atomic E-state index is 0.257. The number of nitrogens with zero attached hydrogens (tertiary/aromatic N) is 4. The van der Waals surface area contributed by atoms with Crippen LogP contribution < -0.4 is 4.74 Å². The van der Waals surface area contributed by atoms with Gasteiger partial charge in [-0.3, -0.25) is 10.00 Å². The lowest BCUT2D eigenvalue weighted by molar-refractivity contribution is -0.0103. The largest absolute Gasteiger partial charge is 0.472 e. The van der Waals surface area contributed by atoms with E-state index in [1.807, 2.05) is 31.2 Å². The molecule has 0 unspecified atom stereocenters. The van der Waals surface area contributed by atoms with Crippen LogP contribution in [0.5, 0.6) is 5.88 Å². The standard InChI is InChI=1S/C19H21N5O/c1-12-15-10-14(2-3-17(15)22-20-12)16-4-5-19(23-21-16)25-18-11-24-8-6-13(18)7-9-24/h2-5,10,13,18H,6-9,11H2,1H3,(H,20,22)/t18-/m0/s1. The van der Waals surface area contributed by atoms with Crippen LogP contribution in [0.3, 0.4) is 0 Å². The van der Waals surface area contributed by atoms with E-state index in [9.17, 15) is 0 Å². The van der Waals surface area contributed by atoms with E-state index in [-0.39, 0.29) is 6.10 Å². The molecule has 3 aromatic rings. The normalized spacial score (nSPS) is 25.4. The van der Waals surface area contributed by atoms with E-state index in [0.29, 0.717) is 11.8 Å². The molecule has 3 aliphatic heterocycles. The van der Waals surface area contributed by atoms with Crippen LogP contribution in [-0.4, -0.2) is 51.0 Å². The van der Waals surface area contributed by atoms with E-state index in [1.54, 1.807) is 0 Å². The van der Waals surface area contributed by atoms with Crippen LogP contribution in [0.2, 0.25) is 0 Å². The van der Waals surface area contributed by atoms with Gasteiger partial charge in [0.1, 0.15) is 6.10 Å². The smallest absolute Gasteiger partial charge is 0.233 e. The van der Waals surface area contributed by atoms with Gasteiger partial charge in [-0.15, -0.1) is 10.2 Å². The molecule has 2 aromatic heterocycles. The Hall–Kier alpha value is -2.47. The first kappa shape index (κ1) is 14.8. The zero-order valence-corrected chi connectivity index (χ0v) is 14.3. The highest BCUT2D eigenvalue weighted by Crippen LogP contribution is 2.30. The second-order valence-electron chi connectivity index (χ2n) is 7.12. The summed E-state index contributed by atoms with van der Waals surface area (Å²) in [5.74, 6) is 1.29. The molecule has 2 bridgehead atoms. The van der Waals surface area contributed by atoms with E-state index in [4.69, 9.17) is 4.74 Å². The molecule has 0 aliphatic carbocycles. The zero-order valence-electron chi connectivity index (χ0n) is 14.3. The maximum atomic E-state index is 6.13. The van der Waals surface area contributed by atoms with Crippen LogP contribution in [0.4, 0.5) is 0 Å². The lowest BCUT2D eigenvalue weighted by atomic mass is 9.86. The quantitative estimate of drug-likeness (QED) is 0.797. The van der Waals surface area contributed by atoms with Crippen molar-refractivity contribution in [3.63, 3.8) is 0 Å². The Morgan fingerprint density at radius 1 is 1.12 bits per heavy atom. The van der Waals surface area contributed by atoms with E-state index in [1.165, 1.54) is 25.9 Å². The van der Waals surface area contributed by atoms with Gasteiger partial charge in [-0.1, -0.05) is 6.07 Å². The summed E-state index contributed by atoms with van der Waals surface area (Å²) in [7, 11) is 0. The fourth-order valence-electron chi connectivity index (χ4n) is 4.04. The van der Waals surface area contributed by atoms with Crippen molar-refractivity contribution < 1.29 is 4.74 Å². The molecule has 0 radical (unpaired) electrons. The van der Waals surface area contributed by atoms with Crippen molar-refractivity contribution in [2.75, 3.05) is 19.6 Å². The molecule has 3 aliphatic rings. The fourth-order valence-corrected chi connectivity index (χ4v) is 4.04. The summed E-state index contributed by atoms with van der Waals surface area (Å²) >= 11 is 0. The number of ether oxygens (including phenoxy) is 1. The number of H-pyrrole nitrogens is 1. The molecule has 3 saturated heterocycles. The van der Waals surface area contributed by atoms with Crippen LogP contribution in [0.15, 0.2) is 30.3 Å². The lowest BCUT2D eigenvalue weighted by Gasteiger charge is -2.44. The first-order chi connectivity index (χ1) is 12.3. The monoisotopic (exact) mass is 335 g/mol. The average Bonchev–Trinajstić information content (AvgIpc) is 3.04. The summed E-state index contributed by atoms with van der Waals surface area (Å²) in [5.41, 5.74) is 3.92. The number of aromatic nitrogens is 4. The Balaban J connectivity index is 1.36. The van der Waals surface area contributed by atoms with E-state index in [0.717, 1.165) is 34.4 Å². The van der Waals surface area contributed by atoms with Gasteiger partial charge in [0.15, 0.2) is 0 Å². The lowest BCUT2D eigenvalue weighted by Crippen LogP contribution is -2.52. The van der Waals surface area contributed by atoms with Gasteiger partial charge >= 0.3 is 0 Å². The molecule has 0 saturated carbocycles. The van der Waals surface area contributed by atoms with E-state index in [2.05, 4.69) is 31.4 Å². The molecule has 1 aromatic carbocycles. The molecular weight excluding hydrogens is 314 g/mol. The Morgan fingerprint density at radius 2 is 2.00 bits per heavy atom. The van der Waals surface area contributed by atoms with Gasteiger partial charge in [-0.2, -0.15) is 5.10 Å². The van der Waals surface area contributed by atoms with Crippen molar-refractivity contribution in [3.05, 3.63) is 36.0 Å². The number of fused-ring (bicyclic) bond motifs is 4. The van der Waals surface area contributed by atoms with Crippen LogP contribution in [0.1, 0.15) is 18.5 Å². The fraction of sp³-hybridized carbons (Fsp3) is 0.421. The highest BCUT2D eigenvalue weighted by Gasteiger charge is 2.35. The van der Waals surface area contributed by atoms with Gasteiger partial charge in [-0.25, -0.2) is 0 Å². The third-order valence-corrected chi connectivity index (χ3v) is 5.56. The van der Waals surface area contributed by atoms with Gasteiger partial charge in [0.05, 0.1) is 16.9 Å². The van der Waals surface area contributed by atoms with Crippen molar-refractivity contribution >= 4 is 10.9 Å². The molecule has 0 amide bonds. The third kappa shape index (κ3) is 2.66. The number of nitrogens with one attached hydrogen (secondary N) is 1. The van der Waals surface area contributed by atoms with Crippen LogP contribution in [0, 0.1) is 12.8 Å². The van der Waals surface area contributed by atoms with E-state index >= 15 is 0 Å². The second-order valence-corrected chi connectivity index (χ2v) is 7.12. The number of piperidine rings is 3. The van der Waals surface area contributed by atoms with Gasteiger partial charge < -0.3 is 4.74 Å². The number of aromatic amines is 1. The molecule has 128 valence electrons. The second kappa shape index (κ2) is 5.81. The van der Waals surface area contributed by atoms with E-state index < -0.39 is 0 Å². The van der Waals surface area contributed by atoms with Crippen molar-refractivity contribution in [2.24, 2.45) is 5.92 Å². The molecular formula is C19H21N5O. The molecule has 6 nitrogen and oxygen atoms in total. The topological polar surface area (TPSA) is 66.9 Å². The molecule has 25 heavy (non-hydrogen) atoms. The SMILES string of the molecule is Cc1n[nH]c2ccc(-c3ccc(O[C@H]4CN5CCC4CC5)nn3)cc12. The highest BCUT2D eigenvalue weighted by atomic mass is 16.5. The summed E-state index contributed by atoms with van der Waals surface area (Å²) in [5, 5.41) is 17.1. The van der Waals surface area contributed by atoms with Gasteiger partial charge in [-0.05, 0) is 57.0 Å². The molecule has 0 spiro atoms. The maximum absolute atomic E-state index is 6.13. The molecule has 3 fully saturated rings. The first-order valence-electron chi connectivity index (χ1n) is 8.94. The molecule has 6 heteroatoms. The number of benzene rings is 1. The number of hydrogen-bond donors (Lipinski definition) is 1. The first-order valence-corrected chi connectivity index (χ1v) is 8.94. The highest BCUT2D eigenvalue weighted by molar-refractivity contribution is 5.85. The summed E-state index contributed by atoms with van der Waals surface area (Å²) < 4.78 is 6.13. The molecule has 6 rings (SSSR count). The van der Waals surface area contributed by atoms with Gasteiger partial charge in [0.2, 0.25) is 5.88 Å². The predicted octanol–water partition coefficient (Wildman–Crippen LogP) is 2.80. The Labute approximate surface area is 146 Å². The summed E-state index contributed by atoms with van der Waals surface area (Å²) in [6.07, 6.45) is 2.73. The Kier molecular flexibility index (Phi) is 3.45.